The summed E-state index contributed by atoms with van der Waals surface area (Å²) in [6.45, 7) is 2.87. The highest BCUT2D eigenvalue weighted by atomic mass is 32.1. The lowest BCUT2D eigenvalue weighted by Crippen LogP contribution is -2.35. The van der Waals surface area contributed by atoms with Gasteiger partial charge in [-0.15, -0.1) is 5.11 Å². The van der Waals surface area contributed by atoms with Gasteiger partial charge in [-0.1, -0.05) is 6.92 Å². The molecule has 52 valence electrons. The van der Waals surface area contributed by atoms with E-state index in [4.69, 9.17) is 5.53 Å². The summed E-state index contributed by atoms with van der Waals surface area (Å²) in [5.74, 6) is 0. The summed E-state index contributed by atoms with van der Waals surface area (Å²) < 4.78 is 0. The minimum atomic E-state index is 0.170. The second kappa shape index (κ2) is 5.58. The second-order valence-corrected chi connectivity index (χ2v) is 1.86. The van der Waals surface area contributed by atoms with Crippen LogP contribution in [0.4, 0.5) is 0 Å². The highest BCUT2D eigenvalue weighted by Gasteiger charge is 1.85. The van der Waals surface area contributed by atoms with Gasteiger partial charge in [0.25, 0.3) is 0 Å². The maximum Gasteiger partial charge on any atom is 0.227 e. The van der Waals surface area contributed by atoms with E-state index < -0.39 is 0 Å². The van der Waals surface area contributed by atoms with Crippen LogP contribution in [-0.2, 0) is 0 Å². The lowest BCUT2D eigenvalue weighted by atomic mass is 10.5. The smallest absolute Gasteiger partial charge is 0.227 e. The van der Waals surface area contributed by atoms with Crippen molar-refractivity contribution in [3.05, 3.63) is 0 Å². The molecular formula is C4H10N4S. The third-order valence-corrected chi connectivity index (χ3v) is 0.865. The molecule has 0 aromatic heterocycles. The molecule has 0 aliphatic heterocycles. The van der Waals surface area contributed by atoms with Gasteiger partial charge in [-0.3, -0.25) is 5.43 Å². The van der Waals surface area contributed by atoms with E-state index in [1.54, 1.807) is 0 Å². The van der Waals surface area contributed by atoms with Gasteiger partial charge in [0, 0.05) is 6.54 Å². The molecule has 0 aromatic carbocycles. The first-order chi connectivity index (χ1) is 4.31. The monoisotopic (exact) mass is 146 g/mol. The van der Waals surface area contributed by atoms with Crippen LogP contribution in [0, 0.1) is 5.53 Å². The van der Waals surface area contributed by atoms with Gasteiger partial charge >= 0.3 is 0 Å². The Hall–Kier alpha value is -0.550. The molecular weight excluding hydrogens is 136 g/mol. The average Bonchev–Trinajstić information content (AvgIpc) is 1.89. The summed E-state index contributed by atoms with van der Waals surface area (Å²) in [6.07, 6.45) is 1.02. The van der Waals surface area contributed by atoms with E-state index >= 15 is 0 Å². The minimum Gasteiger partial charge on any atom is -0.295 e. The van der Waals surface area contributed by atoms with Crippen LogP contribution in [0.5, 0.6) is 0 Å². The topological polar surface area (TPSA) is 60.3 Å². The van der Waals surface area contributed by atoms with E-state index in [2.05, 4.69) is 28.2 Å². The van der Waals surface area contributed by atoms with E-state index in [1.807, 2.05) is 6.92 Å². The maximum atomic E-state index is 6.43. The Labute approximate surface area is 59.5 Å². The van der Waals surface area contributed by atoms with Crippen molar-refractivity contribution in [3.63, 3.8) is 0 Å². The summed E-state index contributed by atoms with van der Waals surface area (Å²) in [7, 11) is 0. The molecule has 0 rings (SSSR count). The van der Waals surface area contributed by atoms with E-state index in [9.17, 15) is 0 Å². The van der Waals surface area contributed by atoms with Crippen LogP contribution in [0.3, 0.4) is 0 Å². The van der Waals surface area contributed by atoms with E-state index in [1.165, 1.54) is 0 Å². The first-order valence-electron chi connectivity index (χ1n) is 2.71. The molecule has 0 spiro atoms. The van der Waals surface area contributed by atoms with Gasteiger partial charge in [0.05, 0.1) is 0 Å². The number of rotatable bonds is 3. The molecule has 0 heterocycles. The van der Waals surface area contributed by atoms with Crippen molar-refractivity contribution < 1.29 is 0 Å². The fourth-order valence-electron chi connectivity index (χ4n) is 0.291. The van der Waals surface area contributed by atoms with Crippen LogP contribution in [0.1, 0.15) is 13.3 Å². The molecule has 4 nitrogen and oxygen atoms in total. The fourth-order valence-corrected chi connectivity index (χ4v) is 0.363. The molecule has 5 heteroatoms. The fraction of sp³-hybridized carbons (Fsp3) is 0.750. The molecule has 9 heavy (non-hydrogen) atoms. The first kappa shape index (κ1) is 8.45. The van der Waals surface area contributed by atoms with E-state index in [0.29, 0.717) is 0 Å². The van der Waals surface area contributed by atoms with Crippen LogP contribution >= 0.6 is 12.2 Å². The summed E-state index contributed by atoms with van der Waals surface area (Å²) >= 11 is 4.54. The van der Waals surface area contributed by atoms with Gasteiger partial charge in [-0.05, 0) is 18.6 Å². The number of thiocarbonyl (C=S) groups is 1. The quantitative estimate of drug-likeness (QED) is 0.239. The molecule has 0 atom stereocenters. The Kier molecular flexibility index (Phi) is 5.24. The SMILES string of the molecule is CCCNNC(=S)N=N. The summed E-state index contributed by atoms with van der Waals surface area (Å²) in [4.78, 5) is 0. The highest BCUT2D eigenvalue weighted by Crippen LogP contribution is 1.70. The van der Waals surface area contributed by atoms with Crippen LogP contribution < -0.4 is 10.9 Å². The summed E-state index contributed by atoms with van der Waals surface area (Å²) in [6, 6.07) is 0. The van der Waals surface area contributed by atoms with Crippen LogP contribution in [-0.4, -0.2) is 11.7 Å². The molecule has 0 aliphatic rings. The van der Waals surface area contributed by atoms with Gasteiger partial charge < -0.3 is 0 Å². The predicted molar refractivity (Wildman–Crippen MR) is 39.2 cm³/mol. The molecule has 0 aromatic rings. The third-order valence-electron chi connectivity index (χ3n) is 0.672. The van der Waals surface area contributed by atoms with Gasteiger partial charge in [-0.2, -0.15) is 0 Å². The summed E-state index contributed by atoms with van der Waals surface area (Å²) in [5.41, 5.74) is 11.8. The molecule has 0 aliphatic carbocycles. The van der Waals surface area contributed by atoms with Crippen molar-refractivity contribution >= 4 is 17.3 Å². The van der Waals surface area contributed by atoms with Crippen LogP contribution in [0.25, 0.3) is 0 Å². The van der Waals surface area contributed by atoms with E-state index in [0.717, 1.165) is 13.0 Å². The lowest BCUT2D eigenvalue weighted by Gasteiger charge is -2.01. The van der Waals surface area contributed by atoms with Gasteiger partial charge in [-0.25, -0.2) is 11.0 Å². The number of hydrogen-bond donors (Lipinski definition) is 3. The number of nitrogens with one attached hydrogen (secondary N) is 3. The Balaban J connectivity index is 3.07. The Morgan fingerprint density at radius 1 is 1.78 bits per heavy atom. The largest absolute Gasteiger partial charge is 0.295 e. The van der Waals surface area contributed by atoms with Crippen molar-refractivity contribution in [1.82, 2.24) is 10.9 Å². The van der Waals surface area contributed by atoms with Gasteiger partial charge in [0.15, 0.2) is 0 Å². The Bertz CT molecular complexity index is 103. The normalized spacial score (nSPS) is 8.56. The van der Waals surface area contributed by atoms with Crippen LogP contribution in [0.2, 0.25) is 0 Å². The van der Waals surface area contributed by atoms with E-state index in [-0.39, 0.29) is 5.11 Å². The van der Waals surface area contributed by atoms with Crippen LogP contribution in [0.15, 0.2) is 5.11 Å². The molecule has 0 radical (unpaired) electrons. The minimum absolute atomic E-state index is 0.170. The van der Waals surface area contributed by atoms with Crippen molar-refractivity contribution in [3.8, 4) is 0 Å². The molecule has 0 saturated carbocycles. The molecule has 0 unspecified atom stereocenters. The Morgan fingerprint density at radius 2 is 2.44 bits per heavy atom. The highest BCUT2D eigenvalue weighted by molar-refractivity contribution is 7.80. The zero-order chi connectivity index (χ0) is 7.11. The van der Waals surface area contributed by atoms with Gasteiger partial charge in [0.2, 0.25) is 5.11 Å². The average molecular weight is 146 g/mol. The molecule has 0 fully saturated rings. The first-order valence-corrected chi connectivity index (χ1v) is 3.12. The zero-order valence-electron chi connectivity index (χ0n) is 5.27. The predicted octanol–water partition coefficient (Wildman–Crippen LogP) is 0.806. The maximum absolute atomic E-state index is 6.43. The standard InChI is InChI=1S/C4H10N4S/c1-2-3-6-8-4(9)7-5/h5-6H,2-3H2,1H3,(H,8,9). The molecule has 0 saturated heterocycles. The number of hydrogen-bond acceptors (Lipinski definition) is 3. The number of hydrazine groups is 1. The lowest BCUT2D eigenvalue weighted by molar-refractivity contribution is 0.640. The molecule has 0 bridgehead atoms. The Morgan fingerprint density at radius 3 is 2.89 bits per heavy atom. The molecule has 0 amide bonds. The molecule has 3 N–H and O–H groups in total. The zero-order valence-corrected chi connectivity index (χ0v) is 6.09. The second-order valence-electron chi connectivity index (χ2n) is 1.47. The third kappa shape index (κ3) is 5.32. The van der Waals surface area contributed by atoms with Crippen molar-refractivity contribution in [1.29, 1.82) is 5.53 Å². The van der Waals surface area contributed by atoms with Crippen molar-refractivity contribution in [2.75, 3.05) is 6.54 Å². The van der Waals surface area contributed by atoms with Gasteiger partial charge in [0.1, 0.15) is 0 Å². The number of nitrogens with zero attached hydrogens (tertiary/aromatic N) is 1. The van der Waals surface area contributed by atoms with Crippen molar-refractivity contribution in [2.24, 2.45) is 5.11 Å². The van der Waals surface area contributed by atoms with Crippen molar-refractivity contribution in [2.45, 2.75) is 13.3 Å². The summed E-state index contributed by atoms with van der Waals surface area (Å²) in [5, 5.41) is 3.14.